The maximum Gasteiger partial charge on any atom is 0.335 e. The van der Waals surface area contributed by atoms with Gasteiger partial charge in [-0.15, -0.1) is 0 Å². The van der Waals surface area contributed by atoms with Gasteiger partial charge >= 0.3 is 5.97 Å². The number of non-ortho nitro benzene ring substituents is 1. The Morgan fingerprint density at radius 2 is 1.91 bits per heavy atom. The number of carbonyl (C=O) groups excluding carboxylic acids is 1. The number of rotatable bonds is 6. The average Bonchev–Trinajstić information content (AvgIpc) is 3.27. The number of benzene rings is 1. The molecule has 7 heteroatoms. The van der Waals surface area contributed by atoms with Crippen LogP contribution in [-0.4, -0.2) is 39.4 Å². The first-order valence-electron chi connectivity index (χ1n) is 7.13. The van der Waals surface area contributed by atoms with E-state index in [1.807, 2.05) is 13.8 Å². The highest BCUT2D eigenvalue weighted by atomic mass is 16.6. The molecule has 1 aromatic carbocycles. The Balaban J connectivity index is 2.38. The largest absolute Gasteiger partial charge is 0.478 e. The van der Waals surface area contributed by atoms with E-state index in [4.69, 9.17) is 5.11 Å². The topological polar surface area (TPSA) is 101 Å². The van der Waals surface area contributed by atoms with Crippen molar-refractivity contribution in [1.29, 1.82) is 0 Å². The molecule has 1 aromatic rings. The third kappa shape index (κ3) is 3.60. The van der Waals surface area contributed by atoms with Crippen LogP contribution in [-0.2, 0) is 0 Å². The number of aromatic carboxylic acids is 1. The van der Waals surface area contributed by atoms with E-state index in [1.54, 1.807) is 4.90 Å². The van der Waals surface area contributed by atoms with Gasteiger partial charge in [0.15, 0.2) is 0 Å². The van der Waals surface area contributed by atoms with Crippen LogP contribution in [0, 0.1) is 16.0 Å². The van der Waals surface area contributed by atoms with Gasteiger partial charge in [-0.25, -0.2) is 4.79 Å². The van der Waals surface area contributed by atoms with Crippen molar-refractivity contribution in [2.75, 3.05) is 6.54 Å². The first-order chi connectivity index (χ1) is 10.3. The SMILES string of the molecule is CC(C)CN(C(=O)c1cc(C(=O)O)cc([N+](=O)[O-])c1)C1CC1. The maximum atomic E-state index is 12.6. The number of hydrogen-bond donors (Lipinski definition) is 1. The molecule has 7 nitrogen and oxygen atoms in total. The van der Waals surface area contributed by atoms with E-state index in [9.17, 15) is 19.7 Å². The summed E-state index contributed by atoms with van der Waals surface area (Å²) < 4.78 is 0. The van der Waals surface area contributed by atoms with Gasteiger partial charge in [-0.05, 0) is 24.8 Å². The Morgan fingerprint density at radius 3 is 2.36 bits per heavy atom. The molecule has 1 N–H and O–H groups in total. The van der Waals surface area contributed by atoms with Crippen LogP contribution >= 0.6 is 0 Å². The van der Waals surface area contributed by atoms with E-state index in [0.717, 1.165) is 25.0 Å². The molecule has 1 fully saturated rings. The van der Waals surface area contributed by atoms with Gasteiger partial charge in [0, 0.05) is 30.3 Å². The van der Waals surface area contributed by atoms with E-state index in [1.165, 1.54) is 6.07 Å². The second-order valence-corrected chi connectivity index (χ2v) is 5.91. The van der Waals surface area contributed by atoms with Crippen LogP contribution < -0.4 is 0 Å². The van der Waals surface area contributed by atoms with E-state index in [0.29, 0.717) is 6.54 Å². The summed E-state index contributed by atoms with van der Waals surface area (Å²) in [5.74, 6) is -1.37. The summed E-state index contributed by atoms with van der Waals surface area (Å²) in [6, 6.07) is 3.46. The summed E-state index contributed by atoms with van der Waals surface area (Å²) in [7, 11) is 0. The molecule has 0 atom stereocenters. The molecule has 1 amide bonds. The number of carboxylic acid groups (broad SMARTS) is 1. The van der Waals surface area contributed by atoms with Gasteiger partial charge in [0.25, 0.3) is 11.6 Å². The number of nitrogens with zero attached hydrogens (tertiary/aromatic N) is 2. The average molecular weight is 306 g/mol. The molecule has 0 heterocycles. The summed E-state index contributed by atoms with van der Waals surface area (Å²) in [5, 5.41) is 20.0. The Bertz CT molecular complexity index is 590. The molecule has 2 rings (SSSR count). The van der Waals surface area contributed by atoms with Crippen LogP contribution in [0.2, 0.25) is 0 Å². The highest BCUT2D eigenvalue weighted by molar-refractivity contribution is 5.98. The van der Waals surface area contributed by atoms with Crippen LogP contribution in [0.1, 0.15) is 47.4 Å². The molecule has 0 spiro atoms. The number of amides is 1. The Kier molecular flexibility index (Phi) is 4.44. The van der Waals surface area contributed by atoms with E-state index in [2.05, 4.69) is 0 Å². The molecular formula is C15H18N2O5. The molecule has 22 heavy (non-hydrogen) atoms. The Morgan fingerprint density at radius 1 is 1.32 bits per heavy atom. The number of hydrogen-bond acceptors (Lipinski definition) is 4. The van der Waals surface area contributed by atoms with Gasteiger partial charge in [-0.2, -0.15) is 0 Å². The van der Waals surface area contributed by atoms with Crippen molar-refractivity contribution in [3.8, 4) is 0 Å². The molecule has 1 aliphatic carbocycles. The molecule has 1 aliphatic rings. The van der Waals surface area contributed by atoms with Crippen LogP contribution in [0.15, 0.2) is 18.2 Å². The van der Waals surface area contributed by atoms with Gasteiger partial charge in [-0.3, -0.25) is 14.9 Å². The highest BCUT2D eigenvalue weighted by Gasteiger charge is 2.34. The lowest BCUT2D eigenvalue weighted by Crippen LogP contribution is -2.36. The van der Waals surface area contributed by atoms with Crippen LogP contribution in [0.5, 0.6) is 0 Å². The molecule has 0 radical (unpaired) electrons. The predicted octanol–water partition coefficient (Wildman–Crippen LogP) is 2.55. The molecular weight excluding hydrogens is 288 g/mol. The van der Waals surface area contributed by atoms with Crippen molar-refractivity contribution in [2.24, 2.45) is 5.92 Å². The number of nitro groups is 1. The van der Waals surface area contributed by atoms with Gasteiger partial charge in [-0.1, -0.05) is 13.8 Å². The molecule has 0 aromatic heterocycles. The number of carbonyl (C=O) groups is 2. The zero-order valence-corrected chi connectivity index (χ0v) is 12.5. The third-order valence-corrected chi connectivity index (χ3v) is 3.43. The summed E-state index contributed by atoms with van der Waals surface area (Å²) in [6.45, 7) is 4.52. The van der Waals surface area contributed by atoms with Crippen molar-refractivity contribution in [1.82, 2.24) is 4.90 Å². The van der Waals surface area contributed by atoms with E-state index < -0.39 is 10.9 Å². The van der Waals surface area contributed by atoms with Crippen LogP contribution in [0.3, 0.4) is 0 Å². The summed E-state index contributed by atoms with van der Waals surface area (Å²) in [4.78, 5) is 35.7. The Hall–Kier alpha value is -2.44. The molecule has 0 unspecified atom stereocenters. The lowest BCUT2D eigenvalue weighted by Gasteiger charge is -2.24. The standard InChI is InChI=1S/C15H18N2O5/c1-9(2)8-16(12-3-4-12)14(18)10-5-11(15(19)20)7-13(6-10)17(21)22/h5-7,9,12H,3-4,8H2,1-2H3,(H,19,20). The molecule has 0 bridgehead atoms. The molecule has 118 valence electrons. The number of nitro benzene ring substituents is 1. The zero-order valence-electron chi connectivity index (χ0n) is 12.5. The second kappa shape index (κ2) is 6.13. The van der Waals surface area contributed by atoms with Crippen LogP contribution in [0.25, 0.3) is 0 Å². The first-order valence-corrected chi connectivity index (χ1v) is 7.13. The smallest absolute Gasteiger partial charge is 0.335 e. The van der Waals surface area contributed by atoms with E-state index in [-0.39, 0.29) is 34.7 Å². The summed E-state index contributed by atoms with van der Waals surface area (Å²) in [5.41, 5.74) is -0.583. The van der Waals surface area contributed by atoms with Crippen molar-refractivity contribution in [3.63, 3.8) is 0 Å². The fraction of sp³-hybridized carbons (Fsp3) is 0.467. The minimum absolute atomic E-state index is 0.0548. The predicted molar refractivity (Wildman–Crippen MR) is 79.0 cm³/mol. The summed E-state index contributed by atoms with van der Waals surface area (Å²) in [6.07, 6.45) is 1.83. The van der Waals surface area contributed by atoms with Gasteiger partial charge in [0.1, 0.15) is 0 Å². The Labute approximate surface area is 127 Å². The minimum atomic E-state index is -1.29. The molecule has 0 saturated heterocycles. The van der Waals surface area contributed by atoms with Crippen molar-refractivity contribution in [2.45, 2.75) is 32.7 Å². The third-order valence-electron chi connectivity index (χ3n) is 3.43. The van der Waals surface area contributed by atoms with Gasteiger partial charge in [0.2, 0.25) is 0 Å². The fourth-order valence-corrected chi connectivity index (χ4v) is 2.31. The quantitative estimate of drug-likeness (QED) is 0.643. The zero-order chi connectivity index (χ0) is 16.4. The summed E-state index contributed by atoms with van der Waals surface area (Å²) >= 11 is 0. The van der Waals surface area contributed by atoms with E-state index >= 15 is 0 Å². The maximum absolute atomic E-state index is 12.6. The van der Waals surface area contributed by atoms with Crippen molar-refractivity contribution >= 4 is 17.6 Å². The fourth-order valence-electron chi connectivity index (χ4n) is 2.31. The van der Waals surface area contributed by atoms with Gasteiger partial charge < -0.3 is 10.0 Å². The lowest BCUT2D eigenvalue weighted by molar-refractivity contribution is -0.384. The van der Waals surface area contributed by atoms with Crippen LogP contribution in [0.4, 0.5) is 5.69 Å². The van der Waals surface area contributed by atoms with Crippen molar-refractivity contribution < 1.29 is 19.6 Å². The molecule has 0 aliphatic heterocycles. The van der Waals surface area contributed by atoms with Gasteiger partial charge in [0.05, 0.1) is 10.5 Å². The highest BCUT2D eigenvalue weighted by Crippen LogP contribution is 2.30. The normalized spacial score (nSPS) is 14.0. The van der Waals surface area contributed by atoms with Crippen molar-refractivity contribution in [3.05, 3.63) is 39.4 Å². The molecule has 1 saturated carbocycles. The lowest BCUT2D eigenvalue weighted by atomic mass is 10.1. The monoisotopic (exact) mass is 306 g/mol. The first kappa shape index (κ1) is 15.9. The second-order valence-electron chi connectivity index (χ2n) is 5.91. The number of carboxylic acids is 1. The minimum Gasteiger partial charge on any atom is -0.478 e.